The fraction of sp³-hybridized carbons (Fsp3) is 0.429. The molecule has 0 aliphatic heterocycles. The standard InChI is InChI=1S/C14H17NO2S/c1-10-5-6-12(11(7-10)8-15)18-9-13(16)17-14(2,3)4/h5-7H,9H2,1-4H3. The molecule has 0 saturated heterocycles. The monoisotopic (exact) mass is 263 g/mol. The lowest BCUT2D eigenvalue weighted by Gasteiger charge is -2.19. The number of thioether (sulfide) groups is 1. The van der Waals surface area contributed by atoms with Gasteiger partial charge in [0.1, 0.15) is 11.7 Å². The zero-order valence-corrected chi connectivity index (χ0v) is 11.9. The van der Waals surface area contributed by atoms with E-state index in [1.807, 2.05) is 45.9 Å². The van der Waals surface area contributed by atoms with Gasteiger partial charge >= 0.3 is 5.97 Å². The summed E-state index contributed by atoms with van der Waals surface area (Å²) in [6.07, 6.45) is 0. The molecule has 96 valence electrons. The van der Waals surface area contributed by atoms with Gasteiger partial charge in [-0.2, -0.15) is 5.26 Å². The Kier molecular flexibility index (Phi) is 4.80. The molecule has 3 nitrogen and oxygen atoms in total. The van der Waals surface area contributed by atoms with Crippen LogP contribution in [0.4, 0.5) is 0 Å². The smallest absolute Gasteiger partial charge is 0.316 e. The van der Waals surface area contributed by atoms with Gasteiger partial charge in [0, 0.05) is 4.90 Å². The minimum atomic E-state index is -0.469. The van der Waals surface area contributed by atoms with Crippen LogP contribution in [0.3, 0.4) is 0 Å². The average molecular weight is 263 g/mol. The van der Waals surface area contributed by atoms with E-state index in [0.717, 1.165) is 10.5 Å². The van der Waals surface area contributed by atoms with Crippen LogP contribution in [0.1, 0.15) is 31.9 Å². The van der Waals surface area contributed by atoms with Gasteiger partial charge in [0.15, 0.2) is 0 Å². The Morgan fingerprint density at radius 2 is 2.11 bits per heavy atom. The molecule has 0 fully saturated rings. The molecule has 0 atom stereocenters. The summed E-state index contributed by atoms with van der Waals surface area (Å²) >= 11 is 1.33. The van der Waals surface area contributed by atoms with Gasteiger partial charge in [0.2, 0.25) is 0 Å². The maximum absolute atomic E-state index is 11.6. The largest absolute Gasteiger partial charge is 0.459 e. The summed E-state index contributed by atoms with van der Waals surface area (Å²) in [5.41, 5.74) is 1.17. The summed E-state index contributed by atoms with van der Waals surface area (Å²) in [6.45, 7) is 7.44. The topological polar surface area (TPSA) is 50.1 Å². The SMILES string of the molecule is Cc1ccc(SCC(=O)OC(C)(C)C)c(C#N)c1. The highest BCUT2D eigenvalue weighted by molar-refractivity contribution is 8.00. The van der Waals surface area contributed by atoms with Crippen molar-refractivity contribution in [1.29, 1.82) is 5.26 Å². The van der Waals surface area contributed by atoms with Gasteiger partial charge in [-0.05, 0) is 45.4 Å². The molecule has 0 bridgehead atoms. The molecule has 0 radical (unpaired) electrons. The van der Waals surface area contributed by atoms with Crippen LogP contribution in [0.25, 0.3) is 0 Å². The van der Waals surface area contributed by atoms with Gasteiger partial charge < -0.3 is 4.74 Å². The third-order valence-electron chi connectivity index (χ3n) is 2.02. The fourth-order valence-corrected chi connectivity index (χ4v) is 2.12. The Morgan fingerprint density at radius 1 is 1.44 bits per heavy atom. The van der Waals surface area contributed by atoms with Crippen molar-refractivity contribution in [1.82, 2.24) is 0 Å². The van der Waals surface area contributed by atoms with E-state index in [4.69, 9.17) is 10.00 Å². The zero-order valence-electron chi connectivity index (χ0n) is 11.1. The minimum Gasteiger partial charge on any atom is -0.459 e. The van der Waals surface area contributed by atoms with Gasteiger partial charge in [-0.15, -0.1) is 11.8 Å². The molecule has 0 amide bonds. The summed E-state index contributed by atoms with van der Waals surface area (Å²) in [5, 5.41) is 9.02. The molecule has 0 heterocycles. The van der Waals surface area contributed by atoms with Crippen LogP contribution in [-0.4, -0.2) is 17.3 Å². The highest BCUT2D eigenvalue weighted by Gasteiger charge is 2.16. The van der Waals surface area contributed by atoms with Crippen molar-refractivity contribution in [3.63, 3.8) is 0 Å². The number of nitriles is 1. The predicted molar refractivity (Wildman–Crippen MR) is 72.5 cm³/mol. The van der Waals surface area contributed by atoms with Crippen molar-refractivity contribution < 1.29 is 9.53 Å². The molecule has 0 unspecified atom stereocenters. The molecule has 0 N–H and O–H groups in total. The number of ether oxygens (including phenoxy) is 1. The van der Waals surface area contributed by atoms with Crippen molar-refractivity contribution in [2.45, 2.75) is 38.2 Å². The van der Waals surface area contributed by atoms with Gasteiger partial charge in [-0.25, -0.2) is 0 Å². The molecule has 1 aromatic carbocycles. The van der Waals surface area contributed by atoms with Crippen molar-refractivity contribution in [3.05, 3.63) is 29.3 Å². The van der Waals surface area contributed by atoms with E-state index >= 15 is 0 Å². The Morgan fingerprint density at radius 3 is 2.67 bits per heavy atom. The summed E-state index contributed by atoms with van der Waals surface area (Å²) in [4.78, 5) is 12.4. The molecule has 4 heteroatoms. The third-order valence-corrected chi connectivity index (χ3v) is 3.07. The fourth-order valence-electron chi connectivity index (χ4n) is 1.36. The molecule has 1 rings (SSSR count). The molecule has 0 aromatic heterocycles. The van der Waals surface area contributed by atoms with Crippen molar-refractivity contribution in [3.8, 4) is 6.07 Å². The Balaban J connectivity index is 2.65. The highest BCUT2D eigenvalue weighted by atomic mass is 32.2. The quantitative estimate of drug-likeness (QED) is 0.620. The predicted octanol–water partition coefficient (Wildman–Crippen LogP) is 3.30. The first-order valence-corrected chi connectivity index (χ1v) is 6.66. The second-order valence-corrected chi connectivity index (χ2v) is 6.00. The van der Waals surface area contributed by atoms with E-state index in [2.05, 4.69) is 6.07 Å². The van der Waals surface area contributed by atoms with Gasteiger partial charge in [-0.3, -0.25) is 4.79 Å². The van der Waals surface area contributed by atoms with Crippen LogP contribution in [-0.2, 0) is 9.53 Å². The number of benzene rings is 1. The van der Waals surface area contributed by atoms with E-state index in [9.17, 15) is 4.79 Å². The van der Waals surface area contributed by atoms with Crippen LogP contribution in [0.15, 0.2) is 23.1 Å². The number of nitrogens with zero attached hydrogens (tertiary/aromatic N) is 1. The van der Waals surface area contributed by atoms with Gasteiger partial charge in [-0.1, -0.05) is 6.07 Å². The molecule has 0 saturated carbocycles. The van der Waals surface area contributed by atoms with E-state index in [1.54, 1.807) is 0 Å². The highest BCUT2D eigenvalue weighted by Crippen LogP contribution is 2.24. The molecule has 0 aliphatic rings. The Bertz CT molecular complexity index is 484. The van der Waals surface area contributed by atoms with E-state index in [-0.39, 0.29) is 11.7 Å². The first-order chi connectivity index (χ1) is 8.31. The summed E-state index contributed by atoms with van der Waals surface area (Å²) in [6, 6.07) is 7.75. The second kappa shape index (κ2) is 5.92. The van der Waals surface area contributed by atoms with Crippen LogP contribution < -0.4 is 0 Å². The number of hydrogen-bond donors (Lipinski definition) is 0. The maximum Gasteiger partial charge on any atom is 0.316 e. The number of rotatable bonds is 3. The Labute approximate surface area is 112 Å². The Hall–Kier alpha value is -1.47. The second-order valence-electron chi connectivity index (χ2n) is 4.99. The van der Waals surface area contributed by atoms with Crippen molar-refractivity contribution in [2.75, 3.05) is 5.75 Å². The number of aryl methyl sites for hydroxylation is 1. The van der Waals surface area contributed by atoms with E-state index in [1.165, 1.54) is 11.8 Å². The zero-order chi connectivity index (χ0) is 13.8. The number of esters is 1. The average Bonchev–Trinajstić information content (AvgIpc) is 2.24. The summed E-state index contributed by atoms with van der Waals surface area (Å²) in [7, 11) is 0. The van der Waals surface area contributed by atoms with Crippen molar-refractivity contribution >= 4 is 17.7 Å². The number of carbonyl (C=O) groups excluding carboxylic acids is 1. The van der Waals surface area contributed by atoms with Gasteiger partial charge in [0.05, 0.1) is 11.3 Å². The van der Waals surface area contributed by atoms with Crippen molar-refractivity contribution in [2.24, 2.45) is 0 Å². The first kappa shape index (κ1) is 14.6. The lowest BCUT2D eigenvalue weighted by atomic mass is 10.2. The summed E-state index contributed by atoms with van der Waals surface area (Å²) in [5.74, 6) is -0.0494. The summed E-state index contributed by atoms with van der Waals surface area (Å²) < 4.78 is 5.21. The number of carbonyl (C=O) groups is 1. The van der Waals surface area contributed by atoms with Crippen LogP contribution in [0.2, 0.25) is 0 Å². The molecular weight excluding hydrogens is 246 g/mol. The van der Waals surface area contributed by atoms with Crippen LogP contribution >= 0.6 is 11.8 Å². The lowest BCUT2D eigenvalue weighted by molar-refractivity contribution is -0.151. The third kappa shape index (κ3) is 4.80. The van der Waals surface area contributed by atoms with E-state index in [0.29, 0.717) is 5.56 Å². The van der Waals surface area contributed by atoms with Crippen LogP contribution in [0.5, 0.6) is 0 Å². The molecule has 1 aromatic rings. The normalized spacial score (nSPS) is 10.8. The molecule has 18 heavy (non-hydrogen) atoms. The lowest BCUT2D eigenvalue weighted by Crippen LogP contribution is -2.24. The minimum absolute atomic E-state index is 0.217. The molecular formula is C14H17NO2S. The number of hydrogen-bond acceptors (Lipinski definition) is 4. The van der Waals surface area contributed by atoms with Crippen LogP contribution in [0, 0.1) is 18.3 Å². The van der Waals surface area contributed by atoms with Gasteiger partial charge in [0.25, 0.3) is 0 Å². The first-order valence-electron chi connectivity index (χ1n) is 5.67. The van der Waals surface area contributed by atoms with E-state index < -0.39 is 5.60 Å². The molecule has 0 aliphatic carbocycles. The maximum atomic E-state index is 11.6. The molecule has 0 spiro atoms.